The summed E-state index contributed by atoms with van der Waals surface area (Å²) in [6.45, 7) is 23.7. The van der Waals surface area contributed by atoms with Crippen LogP contribution < -0.4 is 10.1 Å². The summed E-state index contributed by atoms with van der Waals surface area (Å²) in [6.07, 6.45) is -0.686. The predicted molar refractivity (Wildman–Crippen MR) is 216 cm³/mol. The molecule has 14 heteroatoms. The third kappa shape index (κ3) is 13.7. The molecule has 1 amide bonds. The van der Waals surface area contributed by atoms with Crippen molar-refractivity contribution in [1.82, 2.24) is 9.62 Å². The summed E-state index contributed by atoms with van der Waals surface area (Å²) in [4.78, 5) is 54.1. The zero-order chi connectivity index (χ0) is 43.3. The number of carbonyl (C=O) groups is 4. The van der Waals surface area contributed by atoms with Crippen LogP contribution in [0.4, 0.5) is 4.79 Å². The van der Waals surface area contributed by atoms with Crippen LogP contribution in [0.5, 0.6) is 5.75 Å². The number of benzene rings is 2. The molecular formula is C43H64N2O11S. The zero-order valence-corrected chi connectivity index (χ0v) is 37.2. The minimum absolute atomic E-state index is 0.0167. The second-order valence-corrected chi connectivity index (χ2v) is 20.1. The van der Waals surface area contributed by atoms with Gasteiger partial charge in [-0.25, -0.2) is 18.0 Å². The van der Waals surface area contributed by atoms with Crippen LogP contribution in [-0.4, -0.2) is 77.8 Å². The molecule has 1 heterocycles. The summed E-state index contributed by atoms with van der Waals surface area (Å²) in [5, 5.41) is 2.56. The van der Waals surface area contributed by atoms with Gasteiger partial charge in [0.25, 0.3) is 0 Å². The number of amides is 1. The maximum Gasteiger partial charge on any atom is 0.408 e. The van der Waals surface area contributed by atoms with Crippen LogP contribution in [0.2, 0.25) is 0 Å². The Morgan fingerprint density at radius 3 is 1.93 bits per heavy atom. The van der Waals surface area contributed by atoms with Gasteiger partial charge in [-0.05, 0) is 150 Å². The number of sulfonamides is 1. The zero-order valence-electron chi connectivity index (χ0n) is 36.3. The van der Waals surface area contributed by atoms with Crippen LogP contribution in [0.15, 0.2) is 35.2 Å². The van der Waals surface area contributed by atoms with E-state index in [9.17, 15) is 19.2 Å². The first-order valence-corrected chi connectivity index (χ1v) is 20.9. The van der Waals surface area contributed by atoms with Gasteiger partial charge in [0.2, 0.25) is 10.0 Å². The number of nitrogens with one attached hydrogen (secondary N) is 1. The Hall–Kier alpha value is -4.17. The number of esters is 3. The molecule has 0 fully saturated rings. The number of rotatable bonds is 14. The van der Waals surface area contributed by atoms with E-state index in [2.05, 4.69) is 5.32 Å². The molecule has 1 aliphatic rings. The lowest BCUT2D eigenvalue weighted by Gasteiger charge is -2.37. The van der Waals surface area contributed by atoms with E-state index in [0.29, 0.717) is 40.8 Å². The maximum atomic E-state index is 15.4. The van der Waals surface area contributed by atoms with Gasteiger partial charge in [-0.1, -0.05) is 30.3 Å². The third-order valence-electron chi connectivity index (χ3n) is 9.14. The Bertz CT molecular complexity index is 1890. The van der Waals surface area contributed by atoms with Crippen LogP contribution >= 0.6 is 0 Å². The minimum Gasteiger partial charge on any atom is -0.487 e. The number of hydrogen-bond acceptors (Lipinski definition) is 11. The number of fused-ring (bicyclic) bond motifs is 1. The van der Waals surface area contributed by atoms with Crippen molar-refractivity contribution in [1.29, 1.82) is 0 Å². The Kier molecular flexibility index (Phi) is 15.1. The molecular weight excluding hydrogens is 753 g/mol. The van der Waals surface area contributed by atoms with Gasteiger partial charge in [0.05, 0.1) is 4.90 Å². The number of alkyl carbamates (subject to hydrolysis) is 1. The summed E-state index contributed by atoms with van der Waals surface area (Å²) in [7, 11) is -4.63. The highest BCUT2D eigenvalue weighted by atomic mass is 32.2. The molecule has 0 unspecified atom stereocenters. The first kappa shape index (κ1) is 47.2. The Morgan fingerprint density at radius 1 is 0.807 bits per heavy atom. The molecule has 0 saturated heterocycles. The van der Waals surface area contributed by atoms with Crippen molar-refractivity contribution in [3.63, 3.8) is 0 Å². The standard InChI is InChI=1S/C43H64N2O11S/c1-27-28(2)36(29(3)31-22-24-43(13,14)54-35(27)31)57(50,51)45(33(38(48)56-42(10,11)12)20-21-34(46)53-40(4,5)6)25-23-32(37(47)55-41(7,8)9)44-39(49)52-26-30-18-16-15-17-19-30/h15-19,32-33H,20-26H2,1-14H3,(H,44,49)/t32-,33-/m0/s1. The van der Waals surface area contributed by atoms with Crippen molar-refractivity contribution in [2.24, 2.45) is 0 Å². The fourth-order valence-electron chi connectivity index (χ4n) is 6.48. The average molecular weight is 817 g/mol. The highest BCUT2D eigenvalue weighted by Crippen LogP contribution is 2.43. The summed E-state index contributed by atoms with van der Waals surface area (Å²) in [5.74, 6) is -1.74. The van der Waals surface area contributed by atoms with Gasteiger partial charge < -0.3 is 29.0 Å². The van der Waals surface area contributed by atoms with Gasteiger partial charge in [-0.15, -0.1) is 0 Å². The lowest BCUT2D eigenvalue weighted by molar-refractivity contribution is -0.161. The highest BCUT2D eigenvalue weighted by Gasteiger charge is 2.43. The number of ether oxygens (including phenoxy) is 5. The third-order valence-corrected chi connectivity index (χ3v) is 11.3. The van der Waals surface area contributed by atoms with Gasteiger partial charge in [-0.3, -0.25) is 9.59 Å². The van der Waals surface area contributed by atoms with Crippen molar-refractivity contribution in [2.75, 3.05) is 6.54 Å². The van der Waals surface area contributed by atoms with Gasteiger partial charge in [0.15, 0.2) is 0 Å². The molecule has 0 saturated carbocycles. The second-order valence-electron chi connectivity index (χ2n) is 18.2. The summed E-state index contributed by atoms with van der Waals surface area (Å²) >= 11 is 0. The molecule has 1 aliphatic heterocycles. The van der Waals surface area contributed by atoms with E-state index >= 15 is 8.42 Å². The van der Waals surface area contributed by atoms with Crippen molar-refractivity contribution in [3.8, 4) is 5.75 Å². The normalized spacial score (nSPS) is 15.4. The molecule has 0 aliphatic carbocycles. The Labute approximate surface area is 339 Å². The molecule has 0 spiro atoms. The minimum atomic E-state index is -4.63. The summed E-state index contributed by atoms with van der Waals surface area (Å²) < 4.78 is 60.5. The van der Waals surface area contributed by atoms with Gasteiger partial charge >= 0.3 is 24.0 Å². The molecule has 2 aromatic carbocycles. The van der Waals surface area contributed by atoms with E-state index in [-0.39, 0.29) is 30.8 Å². The first-order chi connectivity index (χ1) is 26.0. The molecule has 2 aromatic rings. The quantitative estimate of drug-likeness (QED) is 0.148. The molecule has 1 N–H and O–H groups in total. The first-order valence-electron chi connectivity index (χ1n) is 19.5. The van der Waals surface area contributed by atoms with E-state index in [4.69, 9.17) is 23.7 Å². The molecule has 318 valence electrons. The monoisotopic (exact) mass is 816 g/mol. The van der Waals surface area contributed by atoms with Crippen molar-refractivity contribution in [2.45, 2.75) is 175 Å². The fourth-order valence-corrected chi connectivity index (χ4v) is 8.63. The maximum absolute atomic E-state index is 15.4. The van der Waals surface area contributed by atoms with Crippen molar-refractivity contribution in [3.05, 3.63) is 58.1 Å². The molecule has 0 radical (unpaired) electrons. The fraction of sp³-hybridized carbons (Fsp3) is 0.628. The summed E-state index contributed by atoms with van der Waals surface area (Å²) in [6, 6.07) is 6.00. The lowest BCUT2D eigenvalue weighted by atomic mass is 9.88. The van der Waals surface area contributed by atoms with Crippen molar-refractivity contribution >= 4 is 34.0 Å². The molecule has 0 bridgehead atoms. The van der Waals surface area contributed by atoms with Crippen LogP contribution in [0.25, 0.3) is 0 Å². The van der Waals surface area contributed by atoms with E-state index in [1.807, 2.05) is 19.9 Å². The topological polar surface area (TPSA) is 164 Å². The Balaban J connectivity index is 2.19. The molecule has 2 atom stereocenters. The predicted octanol–water partition coefficient (Wildman–Crippen LogP) is 7.57. The molecule has 0 aromatic heterocycles. The molecule has 57 heavy (non-hydrogen) atoms. The smallest absolute Gasteiger partial charge is 0.408 e. The van der Waals surface area contributed by atoms with Crippen LogP contribution in [0.3, 0.4) is 0 Å². The number of nitrogens with zero attached hydrogens (tertiary/aromatic N) is 1. The molecule has 13 nitrogen and oxygen atoms in total. The van der Waals surface area contributed by atoms with Gasteiger partial charge in [0.1, 0.15) is 46.8 Å². The van der Waals surface area contributed by atoms with E-state index in [1.165, 1.54) is 0 Å². The summed E-state index contributed by atoms with van der Waals surface area (Å²) in [5.41, 5.74) is -0.302. The van der Waals surface area contributed by atoms with Crippen molar-refractivity contribution < 1.29 is 51.3 Å². The highest BCUT2D eigenvalue weighted by molar-refractivity contribution is 7.89. The lowest BCUT2D eigenvalue weighted by Crippen LogP contribution is -2.51. The van der Waals surface area contributed by atoms with Crippen LogP contribution in [0, 0.1) is 20.8 Å². The molecule has 3 rings (SSSR count). The van der Waals surface area contributed by atoms with Crippen LogP contribution in [0.1, 0.15) is 130 Å². The van der Waals surface area contributed by atoms with E-state index in [0.717, 1.165) is 9.87 Å². The SMILES string of the molecule is Cc1c(C)c(S(=O)(=O)N(CC[C@H](NC(=O)OCc2ccccc2)C(=O)OC(C)(C)C)[C@@H](CCC(=O)OC(C)(C)C)C(=O)OC(C)(C)C)c(C)c2c1OC(C)(C)CC2. The van der Waals surface area contributed by atoms with Gasteiger partial charge in [0, 0.05) is 13.0 Å². The number of hydrogen-bond donors (Lipinski definition) is 1. The van der Waals surface area contributed by atoms with Gasteiger partial charge in [-0.2, -0.15) is 4.31 Å². The van der Waals surface area contributed by atoms with E-state index in [1.54, 1.807) is 107 Å². The number of carbonyl (C=O) groups excluding carboxylic acids is 4. The average Bonchev–Trinajstić information content (AvgIpc) is 3.04. The van der Waals surface area contributed by atoms with Crippen LogP contribution in [-0.2, 0) is 56.4 Å². The second kappa shape index (κ2) is 18.2. The largest absolute Gasteiger partial charge is 0.487 e. The van der Waals surface area contributed by atoms with E-state index < -0.39 is 75.1 Å². The Morgan fingerprint density at radius 2 is 1.37 bits per heavy atom.